The standard InChI is InChI=1S/C14H21NO/c1-10-6-8-12(9-7-10)11(2)15-13-4-3-5-14(13)16/h6-9,11,13-16H,3-5H2,1-2H3/t11?,13-,14-/m1/s1. The molecule has 1 aromatic rings. The van der Waals surface area contributed by atoms with Crippen molar-refractivity contribution < 1.29 is 5.11 Å². The highest BCUT2D eigenvalue weighted by Crippen LogP contribution is 2.22. The lowest BCUT2D eigenvalue weighted by Crippen LogP contribution is -2.37. The molecule has 0 spiro atoms. The van der Waals surface area contributed by atoms with E-state index in [1.165, 1.54) is 11.1 Å². The number of nitrogens with one attached hydrogen (secondary N) is 1. The van der Waals surface area contributed by atoms with Crippen LogP contribution in [0.15, 0.2) is 24.3 Å². The normalized spacial score (nSPS) is 26.9. The van der Waals surface area contributed by atoms with E-state index in [4.69, 9.17) is 0 Å². The Morgan fingerprint density at radius 3 is 2.50 bits per heavy atom. The summed E-state index contributed by atoms with van der Waals surface area (Å²) in [6.45, 7) is 4.26. The molecule has 16 heavy (non-hydrogen) atoms. The Hall–Kier alpha value is -0.860. The maximum atomic E-state index is 9.77. The Morgan fingerprint density at radius 1 is 1.25 bits per heavy atom. The molecule has 2 nitrogen and oxygen atoms in total. The van der Waals surface area contributed by atoms with E-state index in [1.54, 1.807) is 0 Å². The first kappa shape index (κ1) is 11.6. The Morgan fingerprint density at radius 2 is 1.94 bits per heavy atom. The van der Waals surface area contributed by atoms with E-state index in [2.05, 4.69) is 43.4 Å². The lowest BCUT2D eigenvalue weighted by molar-refractivity contribution is 0.144. The van der Waals surface area contributed by atoms with E-state index in [1.807, 2.05) is 0 Å². The second kappa shape index (κ2) is 4.98. The first-order valence-corrected chi connectivity index (χ1v) is 6.17. The zero-order valence-corrected chi connectivity index (χ0v) is 10.1. The van der Waals surface area contributed by atoms with Crippen LogP contribution in [0.4, 0.5) is 0 Å². The van der Waals surface area contributed by atoms with Crippen molar-refractivity contribution in [2.45, 2.75) is 51.3 Å². The molecule has 0 heterocycles. The van der Waals surface area contributed by atoms with Crippen molar-refractivity contribution in [3.8, 4) is 0 Å². The van der Waals surface area contributed by atoms with Crippen molar-refractivity contribution in [3.63, 3.8) is 0 Å². The number of benzene rings is 1. The van der Waals surface area contributed by atoms with Gasteiger partial charge in [-0.15, -0.1) is 0 Å². The zero-order chi connectivity index (χ0) is 11.5. The fraction of sp³-hybridized carbons (Fsp3) is 0.571. The quantitative estimate of drug-likeness (QED) is 0.819. The summed E-state index contributed by atoms with van der Waals surface area (Å²) in [4.78, 5) is 0. The van der Waals surface area contributed by atoms with Crippen LogP contribution in [0, 0.1) is 6.92 Å². The van der Waals surface area contributed by atoms with E-state index in [0.717, 1.165) is 19.3 Å². The van der Waals surface area contributed by atoms with Crippen molar-refractivity contribution in [2.24, 2.45) is 0 Å². The molecule has 0 amide bonds. The number of aliphatic hydroxyl groups is 1. The number of hydrogen-bond acceptors (Lipinski definition) is 2. The van der Waals surface area contributed by atoms with Crippen LogP contribution in [0.2, 0.25) is 0 Å². The minimum absolute atomic E-state index is 0.159. The van der Waals surface area contributed by atoms with E-state index in [9.17, 15) is 5.11 Å². The second-order valence-electron chi connectivity index (χ2n) is 4.90. The Balaban J connectivity index is 1.97. The van der Waals surface area contributed by atoms with E-state index < -0.39 is 0 Å². The third kappa shape index (κ3) is 2.63. The fourth-order valence-electron chi connectivity index (χ4n) is 2.41. The van der Waals surface area contributed by atoms with Crippen LogP contribution in [0.5, 0.6) is 0 Å². The van der Waals surface area contributed by atoms with E-state index in [-0.39, 0.29) is 12.1 Å². The molecular weight excluding hydrogens is 198 g/mol. The van der Waals surface area contributed by atoms with Gasteiger partial charge in [0.1, 0.15) is 0 Å². The van der Waals surface area contributed by atoms with Gasteiger partial charge < -0.3 is 10.4 Å². The highest BCUT2D eigenvalue weighted by Gasteiger charge is 2.26. The van der Waals surface area contributed by atoms with Gasteiger partial charge >= 0.3 is 0 Å². The van der Waals surface area contributed by atoms with E-state index in [0.29, 0.717) is 6.04 Å². The molecule has 0 radical (unpaired) electrons. The number of aryl methyl sites for hydroxylation is 1. The summed E-state index contributed by atoms with van der Waals surface area (Å²) >= 11 is 0. The number of rotatable bonds is 3. The first-order chi connectivity index (χ1) is 7.66. The van der Waals surface area contributed by atoms with Crippen LogP contribution in [0.1, 0.15) is 43.4 Å². The summed E-state index contributed by atoms with van der Waals surface area (Å²) in [5, 5.41) is 13.3. The van der Waals surface area contributed by atoms with Crippen LogP contribution in [-0.4, -0.2) is 17.3 Å². The van der Waals surface area contributed by atoms with Crippen molar-refractivity contribution in [3.05, 3.63) is 35.4 Å². The van der Waals surface area contributed by atoms with Crippen LogP contribution >= 0.6 is 0 Å². The molecule has 2 rings (SSSR count). The number of aliphatic hydroxyl groups excluding tert-OH is 1. The molecule has 1 aliphatic rings. The monoisotopic (exact) mass is 219 g/mol. The predicted molar refractivity (Wildman–Crippen MR) is 66.4 cm³/mol. The molecule has 2 heteroatoms. The summed E-state index contributed by atoms with van der Waals surface area (Å²) in [6, 6.07) is 9.19. The molecule has 1 aliphatic carbocycles. The van der Waals surface area contributed by atoms with Gasteiger partial charge in [0.2, 0.25) is 0 Å². The largest absolute Gasteiger partial charge is 0.392 e. The topological polar surface area (TPSA) is 32.3 Å². The van der Waals surface area contributed by atoms with Gasteiger partial charge in [0, 0.05) is 12.1 Å². The van der Waals surface area contributed by atoms with Crippen LogP contribution in [-0.2, 0) is 0 Å². The molecule has 0 bridgehead atoms. The Kier molecular flexibility index (Phi) is 3.62. The molecule has 1 aromatic carbocycles. The average Bonchev–Trinajstić information content (AvgIpc) is 2.65. The molecule has 0 saturated heterocycles. The summed E-state index contributed by atoms with van der Waals surface area (Å²) in [5.41, 5.74) is 2.58. The van der Waals surface area contributed by atoms with Crippen LogP contribution in [0.25, 0.3) is 0 Å². The molecule has 3 atom stereocenters. The van der Waals surface area contributed by atoms with Gasteiger partial charge in [-0.25, -0.2) is 0 Å². The van der Waals surface area contributed by atoms with Gasteiger partial charge in [0.05, 0.1) is 6.10 Å². The van der Waals surface area contributed by atoms with Gasteiger partial charge in [-0.2, -0.15) is 0 Å². The molecule has 1 fully saturated rings. The molecule has 1 saturated carbocycles. The average molecular weight is 219 g/mol. The van der Waals surface area contributed by atoms with Crippen molar-refractivity contribution in [1.29, 1.82) is 0 Å². The molecule has 88 valence electrons. The third-order valence-electron chi connectivity index (χ3n) is 3.52. The maximum Gasteiger partial charge on any atom is 0.0693 e. The fourth-order valence-corrected chi connectivity index (χ4v) is 2.41. The summed E-state index contributed by atoms with van der Waals surface area (Å²) < 4.78 is 0. The Bertz CT molecular complexity index is 333. The summed E-state index contributed by atoms with van der Waals surface area (Å²) in [5.74, 6) is 0. The predicted octanol–water partition coefficient (Wildman–Crippen LogP) is 2.56. The van der Waals surface area contributed by atoms with Gasteiger partial charge in [-0.05, 0) is 38.7 Å². The highest BCUT2D eigenvalue weighted by atomic mass is 16.3. The highest BCUT2D eigenvalue weighted by molar-refractivity contribution is 5.23. The van der Waals surface area contributed by atoms with Crippen molar-refractivity contribution in [2.75, 3.05) is 0 Å². The smallest absolute Gasteiger partial charge is 0.0693 e. The maximum absolute atomic E-state index is 9.77. The first-order valence-electron chi connectivity index (χ1n) is 6.17. The zero-order valence-electron chi connectivity index (χ0n) is 10.1. The second-order valence-corrected chi connectivity index (χ2v) is 4.90. The lowest BCUT2D eigenvalue weighted by atomic mass is 10.0. The van der Waals surface area contributed by atoms with Crippen LogP contribution < -0.4 is 5.32 Å². The SMILES string of the molecule is Cc1ccc(C(C)N[C@@H]2CCC[C@H]2O)cc1. The Labute approximate surface area is 97.7 Å². The van der Waals surface area contributed by atoms with Crippen molar-refractivity contribution in [1.82, 2.24) is 5.32 Å². The molecule has 1 unspecified atom stereocenters. The third-order valence-corrected chi connectivity index (χ3v) is 3.52. The lowest BCUT2D eigenvalue weighted by Gasteiger charge is -2.22. The molecular formula is C14H21NO. The minimum atomic E-state index is -0.159. The van der Waals surface area contributed by atoms with Gasteiger partial charge in [0.15, 0.2) is 0 Å². The van der Waals surface area contributed by atoms with Gasteiger partial charge in [-0.3, -0.25) is 0 Å². The molecule has 0 aliphatic heterocycles. The van der Waals surface area contributed by atoms with Gasteiger partial charge in [-0.1, -0.05) is 29.8 Å². The number of hydrogen-bond donors (Lipinski definition) is 2. The molecule has 2 N–H and O–H groups in total. The summed E-state index contributed by atoms with van der Waals surface area (Å²) in [6.07, 6.45) is 3.02. The van der Waals surface area contributed by atoms with Gasteiger partial charge in [0.25, 0.3) is 0 Å². The minimum Gasteiger partial charge on any atom is -0.392 e. The summed E-state index contributed by atoms with van der Waals surface area (Å²) in [7, 11) is 0. The van der Waals surface area contributed by atoms with Crippen molar-refractivity contribution >= 4 is 0 Å². The van der Waals surface area contributed by atoms with Crippen LogP contribution in [0.3, 0.4) is 0 Å². The molecule has 0 aromatic heterocycles. The van der Waals surface area contributed by atoms with E-state index >= 15 is 0 Å².